The van der Waals surface area contributed by atoms with Crippen LogP contribution < -0.4 is 10.2 Å². The topological polar surface area (TPSA) is 87.7 Å². The zero-order valence-electron chi connectivity index (χ0n) is 18.6. The second-order valence-corrected chi connectivity index (χ2v) is 9.10. The Labute approximate surface area is 184 Å². The summed E-state index contributed by atoms with van der Waals surface area (Å²) in [5.41, 5.74) is 0. The summed E-state index contributed by atoms with van der Waals surface area (Å²) < 4.78 is 5.15. The number of hydrogen-bond donors (Lipinski definition) is 1. The van der Waals surface area contributed by atoms with Crippen molar-refractivity contribution in [3.05, 3.63) is 12.4 Å². The highest BCUT2D eigenvalue weighted by Gasteiger charge is 2.30. The summed E-state index contributed by atoms with van der Waals surface area (Å²) in [7, 11) is 0. The number of hydrogen-bond acceptors (Lipinski definition) is 7. The van der Waals surface area contributed by atoms with Crippen LogP contribution in [0.2, 0.25) is 0 Å². The first-order valence-corrected chi connectivity index (χ1v) is 11.9. The van der Waals surface area contributed by atoms with E-state index in [1.54, 1.807) is 6.33 Å². The predicted molar refractivity (Wildman–Crippen MR) is 119 cm³/mol. The minimum atomic E-state index is -0.168. The van der Waals surface area contributed by atoms with E-state index in [1.165, 1.54) is 12.8 Å². The molecule has 8 heteroatoms. The van der Waals surface area contributed by atoms with Gasteiger partial charge >= 0.3 is 5.97 Å². The number of anilines is 2. The van der Waals surface area contributed by atoms with E-state index in [2.05, 4.69) is 26.3 Å². The summed E-state index contributed by atoms with van der Waals surface area (Å²) in [6, 6.07) is 2.62. The van der Waals surface area contributed by atoms with Gasteiger partial charge in [-0.05, 0) is 57.8 Å². The van der Waals surface area contributed by atoms with Crippen LogP contribution in [0.15, 0.2) is 12.4 Å². The average molecular weight is 430 g/mol. The van der Waals surface area contributed by atoms with E-state index in [4.69, 9.17) is 4.74 Å². The monoisotopic (exact) mass is 429 g/mol. The number of piperidine rings is 2. The molecule has 1 aliphatic carbocycles. The van der Waals surface area contributed by atoms with Gasteiger partial charge in [-0.15, -0.1) is 0 Å². The van der Waals surface area contributed by atoms with Crippen molar-refractivity contribution in [1.29, 1.82) is 0 Å². The molecule has 0 unspecified atom stereocenters. The summed E-state index contributed by atoms with van der Waals surface area (Å²) in [6.45, 7) is 5.40. The molecular formula is C23H35N5O3. The van der Waals surface area contributed by atoms with Crippen LogP contribution in [0, 0.1) is 11.8 Å². The predicted octanol–water partition coefficient (Wildman–Crippen LogP) is 2.85. The maximum atomic E-state index is 12.8. The van der Waals surface area contributed by atoms with Crippen LogP contribution >= 0.6 is 0 Å². The van der Waals surface area contributed by atoms with Crippen LogP contribution in [0.4, 0.5) is 11.6 Å². The minimum Gasteiger partial charge on any atom is -0.466 e. The Morgan fingerprint density at radius 1 is 1.13 bits per heavy atom. The number of nitrogens with zero attached hydrogens (tertiary/aromatic N) is 4. The van der Waals surface area contributed by atoms with Crippen molar-refractivity contribution in [2.75, 3.05) is 43.0 Å². The molecule has 4 rings (SSSR count). The molecule has 3 fully saturated rings. The Bertz CT molecular complexity index is 769. The van der Waals surface area contributed by atoms with E-state index in [0.717, 1.165) is 63.4 Å². The fourth-order valence-corrected chi connectivity index (χ4v) is 4.69. The molecule has 8 nitrogen and oxygen atoms in total. The molecule has 0 radical (unpaired) electrons. The van der Waals surface area contributed by atoms with E-state index in [9.17, 15) is 9.59 Å². The first-order valence-electron chi connectivity index (χ1n) is 11.9. The molecule has 0 aromatic carbocycles. The molecule has 1 aromatic rings. The third-order valence-electron chi connectivity index (χ3n) is 6.59. The lowest BCUT2D eigenvalue weighted by Gasteiger charge is -2.35. The average Bonchev–Trinajstić information content (AvgIpc) is 3.62. The number of esters is 1. The van der Waals surface area contributed by atoms with Gasteiger partial charge in [0.1, 0.15) is 18.0 Å². The zero-order valence-corrected chi connectivity index (χ0v) is 18.6. The Morgan fingerprint density at radius 3 is 2.77 bits per heavy atom. The Morgan fingerprint density at radius 2 is 1.97 bits per heavy atom. The second-order valence-electron chi connectivity index (χ2n) is 9.10. The van der Waals surface area contributed by atoms with Crippen LogP contribution in [0.25, 0.3) is 0 Å². The largest absolute Gasteiger partial charge is 0.466 e. The third-order valence-corrected chi connectivity index (χ3v) is 6.59. The molecule has 1 saturated carbocycles. The Kier molecular flexibility index (Phi) is 7.25. The molecule has 3 heterocycles. The van der Waals surface area contributed by atoms with E-state index in [1.807, 2.05) is 11.8 Å². The highest BCUT2D eigenvalue weighted by molar-refractivity contribution is 5.78. The summed E-state index contributed by atoms with van der Waals surface area (Å²) in [6.07, 6.45) is 9.46. The fourth-order valence-electron chi connectivity index (χ4n) is 4.69. The van der Waals surface area contributed by atoms with E-state index in [0.29, 0.717) is 31.5 Å². The zero-order chi connectivity index (χ0) is 21.6. The van der Waals surface area contributed by atoms with Gasteiger partial charge in [0.05, 0.1) is 12.5 Å². The summed E-state index contributed by atoms with van der Waals surface area (Å²) in [5, 5.41) is 3.44. The molecule has 1 N–H and O–H groups in total. The number of likely N-dealkylation sites (tertiary alicyclic amines) is 1. The van der Waals surface area contributed by atoms with Gasteiger partial charge in [0, 0.05) is 44.7 Å². The van der Waals surface area contributed by atoms with Gasteiger partial charge in [-0.25, -0.2) is 9.97 Å². The van der Waals surface area contributed by atoms with Crippen LogP contribution in [-0.4, -0.2) is 65.6 Å². The fraction of sp³-hybridized carbons (Fsp3) is 0.739. The van der Waals surface area contributed by atoms with Crippen molar-refractivity contribution in [3.8, 4) is 0 Å². The first kappa shape index (κ1) is 21.8. The van der Waals surface area contributed by atoms with Crippen molar-refractivity contribution in [1.82, 2.24) is 14.9 Å². The number of carbonyl (C=O) groups excluding carboxylic acids is 2. The van der Waals surface area contributed by atoms with Crippen LogP contribution in [0.3, 0.4) is 0 Å². The molecule has 1 amide bonds. The molecule has 0 bridgehead atoms. The summed E-state index contributed by atoms with van der Waals surface area (Å²) in [5.74, 6) is 2.21. The van der Waals surface area contributed by atoms with Gasteiger partial charge in [-0.1, -0.05) is 0 Å². The summed E-state index contributed by atoms with van der Waals surface area (Å²) >= 11 is 0. The lowest BCUT2D eigenvalue weighted by Crippen LogP contribution is -2.43. The molecule has 2 atom stereocenters. The number of aromatic nitrogens is 2. The SMILES string of the molecule is CCOC(=O)[C@H]1CCCN(C(=O)CC[C@H]2CCCN(c3cc(NC4CC4)ncn3)C2)C1. The lowest BCUT2D eigenvalue weighted by atomic mass is 9.92. The maximum absolute atomic E-state index is 12.8. The van der Waals surface area contributed by atoms with Crippen LogP contribution in [0.5, 0.6) is 0 Å². The molecule has 170 valence electrons. The van der Waals surface area contributed by atoms with E-state index in [-0.39, 0.29) is 17.8 Å². The van der Waals surface area contributed by atoms with Gasteiger partial charge in [0.2, 0.25) is 5.91 Å². The normalized spacial score (nSPS) is 24.0. The summed E-state index contributed by atoms with van der Waals surface area (Å²) in [4.78, 5) is 37.9. The van der Waals surface area contributed by atoms with Crippen molar-refractivity contribution in [2.24, 2.45) is 11.8 Å². The highest BCUT2D eigenvalue weighted by atomic mass is 16.5. The quantitative estimate of drug-likeness (QED) is 0.636. The van der Waals surface area contributed by atoms with Gasteiger partial charge in [0.15, 0.2) is 0 Å². The van der Waals surface area contributed by atoms with Gasteiger partial charge in [-0.3, -0.25) is 9.59 Å². The van der Waals surface area contributed by atoms with Crippen LogP contribution in [0.1, 0.15) is 58.3 Å². The number of ether oxygens (including phenoxy) is 1. The van der Waals surface area contributed by atoms with Gasteiger partial charge in [0.25, 0.3) is 0 Å². The number of nitrogens with one attached hydrogen (secondary N) is 1. The Hall–Kier alpha value is -2.38. The van der Waals surface area contributed by atoms with Crippen molar-refractivity contribution in [3.63, 3.8) is 0 Å². The molecule has 31 heavy (non-hydrogen) atoms. The number of amides is 1. The van der Waals surface area contributed by atoms with E-state index >= 15 is 0 Å². The highest BCUT2D eigenvalue weighted by Crippen LogP contribution is 2.28. The van der Waals surface area contributed by atoms with Crippen molar-refractivity contribution in [2.45, 2.75) is 64.3 Å². The molecule has 2 aliphatic heterocycles. The molecule has 0 spiro atoms. The van der Waals surface area contributed by atoms with Gasteiger partial charge in [-0.2, -0.15) is 0 Å². The number of rotatable bonds is 8. The maximum Gasteiger partial charge on any atom is 0.310 e. The minimum absolute atomic E-state index is 0.164. The standard InChI is InChI=1S/C23H35N5O3/c1-2-31-23(30)18-6-4-12-28(15-18)22(29)10-7-17-5-3-11-27(14-17)21-13-20(24-16-25-21)26-19-8-9-19/h13,16-19H,2-12,14-15H2,1H3,(H,24,25,26)/t17-,18+/m1/s1. The van der Waals surface area contributed by atoms with Gasteiger partial charge < -0.3 is 19.9 Å². The second kappa shape index (κ2) is 10.3. The molecule has 2 saturated heterocycles. The van der Waals surface area contributed by atoms with Crippen molar-refractivity contribution < 1.29 is 14.3 Å². The van der Waals surface area contributed by atoms with Crippen LogP contribution in [-0.2, 0) is 14.3 Å². The molecule has 3 aliphatic rings. The van der Waals surface area contributed by atoms with Crippen molar-refractivity contribution >= 4 is 23.5 Å². The Balaban J connectivity index is 1.26. The molecular weight excluding hydrogens is 394 g/mol. The lowest BCUT2D eigenvalue weighted by molar-refractivity contribution is -0.151. The van der Waals surface area contributed by atoms with E-state index < -0.39 is 0 Å². The number of carbonyl (C=O) groups is 2. The molecule has 1 aromatic heterocycles. The first-order chi connectivity index (χ1) is 15.1. The third kappa shape index (κ3) is 6.08. The smallest absolute Gasteiger partial charge is 0.310 e.